The molecule has 0 fully saturated rings. The number of carboxylic acids is 1. The average Bonchev–Trinajstić information content (AvgIpc) is 2.85. The summed E-state index contributed by atoms with van der Waals surface area (Å²) >= 11 is 0. The number of likely N-dealkylation sites (N-methyl/N-ethyl adjacent to an activating group) is 1. The first-order chi connectivity index (χ1) is 10.7. The zero-order chi connectivity index (χ0) is 15.7. The number of rotatable bonds is 5. The Kier molecular flexibility index (Phi) is 4.21. The first-order valence-corrected chi connectivity index (χ1v) is 8.25. The molecular formula is C18H24N2O2. The van der Waals surface area contributed by atoms with E-state index in [1.165, 1.54) is 23.2 Å². The van der Waals surface area contributed by atoms with Gasteiger partial charge in [0.2, 0.25) is 0 Å². The van der Waals surface area contributed by atoms with Gasteiger partial charge in [0.25, 0.3) is 0 Å². The Morgan fingerprint density at radius 2 is 2.14 bits per heavy atom. The minimum atomic E-state index is -0.847. The maximum Gasteiger partial charge on any atom is 0.335 e. The molecular weight excluding hydrogens is 276 g/mol. The van der Waals surface area contributed by atoms with Crippen LogP contribution in [0.15, 0.2) is 18.2 Å². The van der Waals surface area contributed by atoms with E-state index in [-0.39, 0.29) is 0 Å². The summed E-state index contributed by atoms with van der Waals surface area (Å²) in [4.78, 5) is 13.7. The Bertz CT molecular complexity index is 703. The first-order valence-electron chi connectivity index (χ1n) is 8.25. The molecule has 2 aromatic rings. The van der Waals surface area contributed by atoms with Crippen molar-refractivity contribution < 1.29 is 9.90 Å². The van der Waals surface area contributed by atoms with Gasteiger partial charge in [-0.2, -0.15) is 0 Å². The fourth-order valence-electron chi connectivity index (χ4n) is 3.48. The van der Waals surface area contributed by atoms with Gasteiger partial charge in [-0.1, -0.05) is 20.3 Å². The van der Waals surface area contributed by atoms with E-state index in [1.54, 1.807) is 6.07 Å². The largest absolute Gasteiger partial charge is 0.478 e. The van der Waals surface area contributed by atoms with Crippen molar-refractivity contribution in [2.45, 2.75) is 46.2 Å². The zero-order valence-corrected chi connectivity index (χ0v) is 13.4. The van der Waals surface area contributed by atoms with Gasteiger partial charge in [-0.15, -0.1) is 0 Å². The summed E-state index contributed by atoms with van der Waals surface area (Å²) in [7, 11) is 0. The molecule has 1 aliphatic heterocycles. The van der Waals surface area contributed by atoms with Gasteiger partial charge in [0.1, 0.15) is 0 Å². The van der Waals surface area contributed by atoms with E-state index < -0.39 is 5.97 Å². The Balaban J connectivity index is 2.15. The molecule has 0 amide bonds. The quantitative estimate of drug-likeness (QED) is 0.919. The van der Waals surface area contributed by atoms with Crippen molar-refractivity contribution >= 4 is 16.9 Å². The number of benzene rings is 1. The molecule has 2 heterocycles. The molecule has 0 radical (unpaired) electrons. The summed E-state index contributed by atoms with van der Waals surface area (Å²) < 4.78 is 2.42. The van der Waals surface area contributed by atoms with Gasteiger partial charge in [-0.05, 0) is 36.7 Å². The van der Waals surface area contributed by atoms with Crippen LogP contribution in [0.3, 0.4) is 0 Å². The topological polar surface area (TPSA) is 45.5 Å². The molecule has 0 aliphatic carbocycles. The maximum atomic E-state index is 11.3. The van der Waals surface area contributed by atoms with Crippen LogP contribution >= 0.6 is 0 Å². The minimum Gasteiger partial charge on any atom is -0.478 e. The lowest BCUT2D eigenvalue weighted by Crippen LogP contribution is -2.30. The highest BCUT2D eigenvalue weighted by Crippen LogP contribution is 2.32. The monoisotopic (exact) mass is 300 g/mol. The molecule has 0 saturated heterocycles. The molecule has 3 rings (SSSR count). The summed E-state index contributed by atoms with van der Waals surface area (Å²) in [6.45, 7) is 8.49. The number of aromatic nitrogens is 1. The van der Waals surface area contributed by atoms with E-state index in [0.29, 0.717) is 5.56 Å². The van der Waals surface area contributed by atoms with Gasteiger partial charge >= 0.3 is 5.97 Å². The third-order valence-corrected chi connectivity index (χ3v) is 4.76. The molecule has 0 bridgehead atoms. The van der Waals surface area contributed by atoms with Crippen LogP contribution in [-0.2, 0) is 19.5 Å². The Morgan fingerprint density at radius 3 is 2.82 bits per heavy atom. The number of fused-ring (bicyclic) bond motifs is 3. The standard InChI is InChI=1S/C18H24N2O2/c1-3-5-9-20-16-7-6-13(18(21)22)11-14(16)15-12-19(4-2)10-8-17(15)20/h6-7,11H,3-5,8-10,12H2,1-2H3,(H,21,22). The number of carboxylic acid groups (broad SMARTS) is 1. The highest BCUT2D eigenvalue weighted by molar-refractivity contribution is 5.95. The molecule has 0 spiro atoms. The van der Waals surface area contributed by atoms with Gasteiger partial charge < -0.3 is 9.67 Å². The molecule has 1 aliphatic rings. The zero-order valence-electron chi connectivity index (χ0n) is 13.4. The number of unbranched alkanes of at least 4 members (excludes halogenated alkanes) is 1. The summed E-state index contributed by atoms with van der Waals surface area (Å²) in [5.41, 5.74) is 4.33. The molecule has 4 nitrogen and oxygen atoms in total. The van der Waals surface area contributed by atoms with Crippen LogP contribution in [0.2, 0.25) is 0 Å². The van der Waals surface area contributed by atoms with E-state index in [2.05, 4.69) is 23.3 Å². The second kappa shape index (κ2) is 6.13. The van der Waals surface area contributed by atoms with Crippen molar-refractivity contribution in [1.82, 2.24) is 9.47 Å². The third kappa shape index (κ3) is 2.52. The summed E-state index contributed by atoms with van der Waals surface area (Å²) in [6.07, 6.45) is 3.39. The molecule has 22 heavy (non-hydrogen) atoms. The highest BCUT2D eigenvalue weighted by atomic mass is 16.4. The predicted molar refractivity (Wildman–Crippen MR) is 88.5 cm³/mol. The predicted octanol–water partition coefficient (Wildman–Crippen LogP) is 3.52. The molecule has 4 heteroatoms. The number of aromatic carboxylic acids is 1. The number of hydrogen-bond acceptors (Lipinski definition) is 2. The SMILES string of the molecule is CCCCn1c2c(c3cc(C(=O)O)ccc31)CN(CC)CC2. The second-order valence-electron chi connectivity index (χ2n) is 6.09. The minimum absolute atomic E-state index is 0.386. The van der Waals surface area contributed by atoms with E-state index in [0.717, 1.165) is 44.4 Å². The van der Waals surface area contributed by atoms with Crippen LogP contribution < -0.4 is 0 Å². The van der Waals surface area contributed by atoms with E-state index in [4.69, 9.17) is 0 Å². The summed E-state index contributed by atoms with van der Waals surface area (Å²) in [5.74, 6) is -0.847. The number of aryl methyl sites for hydroxylation is 1. The number of carbonyl (C=O) groups is 1. The Labute approximate surface area is 131 Å². The molecule has 118 valence electrons. The lowest BCUT2D eigenvalue weighted by atomic mass is 10.0. The maximum absolute atomic E-state index is 11.3. The van der Waals surface area contributed by atoms with Crippen LogP contribution in [0.5, 0.6) is 0 Å². The van der Waals surface area contributed by atoms with Crippen LogP contribution in [0.25, 0.3) is 10.9 Å². The molecule has 0 saturated carbocycles. The lowest BCUT2D eigenvalue weighted by Gasteiger charge is -2.26. The van der Waals surface area contributed by atoms with Gasteiger partial charge in [-0.3, -0.25) is 4.90 Å². The van der Waals surface area contributed by atoms with Crippen molar-refractivity contribution in [1.29, 1.82) is 0 Å². The highest BCUT2D eigenvalue weighted by Gasteiger charge is 2.23. The van der Waals surface area contributed by atoms with Gasteiger partial charge in [-0.25, -0.2) is 4.79 Å². The van der Waals surface area contributed by atoms with Gasteiger partial charge in [0.05, 0.1) is 5.56 Å². The fourth-order valence-corrected chi connectivity index (χ4v) is 3.48. The van der Waals surface area contributed by atoms with Crippen LogP contribution in [0.1, 0.15) is 48.3 Å². The van der Waals surface area contributed by atoms with E-state index in [1.807, 2.05) is 12.1 Å². The first kappa shape index (κ1) is 15.1. The van der Waals surface area contributed by atoms with Gasteiger partial charge in [0.15, 0.2) is 0 Å². The van der Waals surface area contributed by atoms with E-state index >= 15 is 0 Å². The number of nitrogens with zero attached hydrogens (tertiary/aromatic N) is 2. The smallest absolute Gasteiger partial charge is 0.335 e. The van der Waals surface area contributed by atoms with Crippen molar-refractivity contribution in [3.05, 3.63) is 35.0 Å². The van der Waals surface area contributed by atoms with Crippen molar-refractivity contribution in [2.75, 3.05) is 13.1 Å². The van der Waals surface area contributed by atoms with Crippen LogP contribution in [0, 0.1) is 0 Å². The average molecular weight is 300 g/mol. The Hall–Kier alpha value is -1.81. The summed E-state index contributed by atoms with van der Waals surface area (Å²) in [5, 5.41) is 10.4. The normalized spacial score (nSPS) is 15.2. The number of hydrogen-bond donors (Lipinski definition) is 1. The molecule has 0 atom stereocenters. The van der Waals surface area contributed by atoms with Crippen molar-refractivity contribution in [2.24, 2.45) is 0 Å². The molecule has 1 N–H and O–H groups in total. The van der Waals surface area contributed by atoms with Crippen molar-refractivity contribution in [3.63, 3.8) is 0 Å². The molecule has 0 unspecified atom stereocenters. The lowest BCUT2D eigenvalue weighted by molar-refractivity contribution is 0.0697. The fraction of sp³-hybridized carbons (Fsp3) is 0.500. The van der Waals surface area contributed by atoms with Gasteiger partial charge in [0, 0.05) is 42.7 Å². The van der Waals surface area contributed by atoms with Crippen LogP contribution in [-0.4, -0.2) is 33.6 Å². The van der Waals surface area contributed by atoms with Crippen LogP contribution in [0.4, 0.5) is 0 Å². The summed E-state index contributed by atoms with van der Waals surface area (Å²) in [6, 6.07) is 5.58. The molecule has 1 aromatic heterocycles. The van der Waals surface area contributed by atoms with E-state index in [9.17, 15) is 9.90 Å². The second-order valence-corrected chi connectivity index (χ2v) is 6.09. The Morgan fingerprint density at radius 1 is 1.32 bits per heavy atom. The van der Waals surface area contributed by atoms with Crippen molar-refractivity contribution in [3.8, 4) is 0 Å². The molecule has 1 aromatic carbocycles. The third-order valence-electron chi connectivity index (χ3n) is 4.76.